The number of halogens is 1. The first kappa shape index (κ1) is 18.7. The molecule has 1 heterocycles. The smallest absolute Gasteiger partial charge is 0.256 e. The second-order valence-corrected chi connectivity index (χ2v) is 7.57. The van der Waals surface area contributed by atoms with E-state index in [1.165, 1.54) is 24.3 Å². The van der Waals surface area contributed by atoms with Gasteiger partial charge in [-0.1, -0.05) is 12.1 Å². The average Bonchev–Trinajstić information content (AvgIpc) is 2.60. The second kappa shape index (κ2) is 7.63. The number of nitrogens with one attached hydrogen (secondary N) is 1. The Labute approximate surface area is 156 Å². The summed E-state index contributed by atoms with van der Waals surface area (Å²) in [6.07, 6.45) is 1.57. The van der Waals surface area contributed by atoms with E-state index in [1.54, 1.807) is 50.4 Å². The quantitative estimate of drug-likeness (QED) is 0.679. The van der Waals surface area contributed by atoms with E-state index in [0.29, 0.717) is 17.1 Å². The van der Waals surface area contributed by atoms with Crippen LogP contribution in [0.2, 0.25) is 0 Å². The maximum Gasteiger partial charge on any atom is 0.264 e. The fraction of sp³-hybridized carbons (Fsp3) is 0.105. The first-order chi connectivity index (χ1) is 12.8. The van der Waals surface area contributed by atoms with E-state index >= 15 is 0 Å². The van der Waals surface area contributed by atoms with Gasteiger partial charge in [-0.25, -0.2) is 27.5 Å². The molecule has 0 unspecified atom stereocenters. The molecule has 8 heteroatoms. The Hall–Kier alpha value is -3.13. The fourth-order valence-electron chi connectivity index (χ4n) is 2.36. The molecule has 0 bridgehead atoms. The van der Waals surface area contributed by atoms with E-state index in [-0.39, 0.29) is 16.7 Å². The summed E-state index contributed by atoms with van der Waals surface area (Å²) in [4.78, 5) is 12.5. The zero-order valence-electron chi connectivity index (χ0n) is 14.7. The highest BCUT2D eigenvalue weighted by Gasteiger charge is 2.16. The number of anilines is 1. The first-order valence-electron chi connectivity index (χ1n) is 8.07. The van der Waals surface area contributed by atoms with Crippen molar-refractivity contribution in [1.82, 2.24) is 9.97 Å². The van der Waals surface area contributed by atoms with Crippen LogP contribution in [-0.2, 0) is 10.0 Å². The molecule has 27 heavy (non-hydrogen) atoms. The molecule has 0 aliphatic carbocycles. The molecule has 0 amide bonds. The molecule has 0 aliphatic heterocycles. The van der Waals surface area contributed by atoms with Gasteiger partial charge >= 0.3 is 0 Å². The Kier molecular flexibility index (Phi) is 5.27. The highest BCUT2D eigenvalue weighted by Crippen LogP contribution is 2.19. The molecular weight excluding hydrogens is 367 g/mol. The number of nitrogens with zero attached hydrogens (tertiary/aromatic N) is 3. The van der Waals surface area contributed by atoms with Crippen LogP contribution in [0.3, 0.4) is 0 Å². The third kappa shape index (κ3) is 4.95. The lowest BCUT2D eigenvalue weighted by Crippen LogP contribution is -2.15. The predicted octanol–water partition coefficient (Wildman–Crippen LogP) is 3.78. The summed E-state index contributed by atoms with van der Waals surface area (Å²) in [6, 6.07) is 13.7. The van der Waals surface area contributed by atoms with Crippen LogP contribution in [0.4, 0.5) is 16.0 Å². The molecule has 3 rings (SSSR count). The topological polar surface area (TPSA) is 84.3 Å². The summed E-state index contributed by atoms with van der Waals surface area (Å²) in [5.74, 6) is -0.284. The van der Waals surface area contributed by atoms with Gasteiger partial charge in [-0.3, -0.25) is 4.99 Å². The van der Waals surface area contributed by atoms with Gasteiger partial charge in [0, 0.05) is 17.6 Å². The van der Waals surface area contributed by atoms with Crippen molar-refractivity contribution in [1.29, 1.82) is 0 Å². The molecular formula is C19H17FN4O2S. The molecule has 3 aromatic rings. The van der Waals surface area contributed by atoms with Gasteiger partial charge in [-0.05, 0) is 61.9 Å². The third-order valence-electron chi connectivity index (χ3n) is 3.59. The van der Waals surface area contributed by atoms with Crippen molar-refractivity contribution in [2.45, 2.75) is 18.7 Å². The molecule has 0 fully saturated rings. The monoisotopic (exact) mass is 384 g/mol. The Balaban J connectivity index is 1.76. The summed E-state index contributed by atoms with van der Waals surface area (Å²) >= 11 is 0. The second-order valence-electron chi connectivity index (χ2n) is 5.88. The SMILES string of the molecule is Cc1cc(C)nc(NS(=O)(=O)c2ccc(N=Cc3ccc(F)cc3)cc2)n1. The first-order valence-corrected chi connectivity index (χ1v) is 9.55. The van der Waals surface area contributed by atoms with Crippen molar-refractivity contribution in [2.75, 3.05) is 4.72 Å². The number of sulfonamides is 1. The molecule has 0 radical (unpaired) electrons. The molecule has 2 aromatic carbocycles. The van der Waals surface area contributed by atoms with Crippen LogP contribution >= 0.6 is 0 Å². The van der Waals surface area contributed by atoms with Crippen LogP contribution in [0.15, 0.2) is 64.5 Å². The van der Waals surface area contributed by atoms with Gasteiger partial charge < -0.3 is 0 Å². The normalized spacial score (nSPS) is 11.7. The van der Waals surface area contributed by atoms with E-state index in [9.17, 15) is 12.8 Å². The number of benzene rings is 2. The average molecular weight is 384 g/mol. The minimum Gasteiger partial charge on any atom is -0.256 e. The Morgan fingerprint density at radius 1 is 0.963 bits per heavy atom. The highest BCUT2D eigenvalue weighted by atomic mass is 32.2. The van der Waals surface area contributed by atoms with Gasteiger partial charge in [-0.2, -0.15) is 0 Å². The summed E-state index contributed by atoms with van der Waals surface area (Å²) < 4.78 is 40.2. The van der Waals surface area contributed by atoms with E-state index in [4.69, 9.17) is 0 Å². The van der Waals surface area contributed by atoms with Crippen molar-refractivity contribution in [2.24, 2.45) is 4.99 Å². The zero-order valence-corrected chi connectivity index (χ0v) is 15.5. The predicted molar refractivity (Wildman–Crippen MR) is 102 cm³/mol. The van der Waals surface area contributed by atoms with Gasteiger partial charge in [0.25, 0.3) is 10.0 Å². The molecule has 1 aromatic heterocycles. The maximum atomic E-state index is 12.9. The molecule has 1 N–H and O–H groups in total. The van der Waals surface area contributed by atoms with Crippen LogP contribution in [0.25, 0.3) is 0 Å². The van der Waals surface area contributed by atoms with Gasteiger partial charge in [-0.15, -0.1) is 0 Å². The van der Waals surface area contributed by atoms with Crippen LogP contribution in [0, 0.1) is 19.7 Å². The van der Waals surface area contributed by atoms with Crippen molar-refractivity contribution >= 4 is 27.9 Å². The third-order valence-corrected chi connectivity index (χ3v) is 4.93. The molecule has 0 atom stereocenters. The number of aliphatic imine (C=N–C) groups is 1. The van der Waals surface area contributed by atoms with E-state index < -0.39 is 10.0 Å². The van der Waals surface area contributed by atoms with Crippen LogP contribution < -0.4 is 4.72 Å². The minimum atomic E-state index is -3.80. The van der Waals surface area contributed by atoms with Crippen molar-refractivity contribution in [3.05, 3.63) is 77.4 Å². The lowest BCUT2D eigenvalue weighted by molar-refractivity contribution is 0.600. The Morgan fingerprint density at radius 2 is 1.56 bits per heavy atom. The van der Waals surface area contributed by atoms with Gasteiger partial charge in [0.2, 0.25) is 5.95 Å². The number of aromatic nitrogens is 2. The van der Waals surface area contributed by atoms with Crippen LogP contribution in [0.5, 0.6) is 0 Å². The summed E-state index contributed by atoms with van der Waals surface area (Å²) in [6.45, 7) is 3.53. The molecule has 0 aliphatic rings. The summed E-state index contributed by atoms with van der Waals surface area (Å²) in [7, 11) is -3.80. The van der Waals surface area contributed by atoms with E-state index in [1.807, 2.05) is 0 Å². The lowest BCUT2D eigenvalue weighted by atomic mass is 10.2. The Morgan fingerprint density at radius 3 is 2.15 bits per heavy atom. The maximum absolute atomic E-state index is 12.9. The van der Waals surface area contributed by atoms with E-state index in [2.05, 4.69) is 19.7 Å². The van der Waals surface area contributed by atoms with E-state index in [0.717, 1.165) is 5.56 Å². The number of aryl methyl sites for hydroxylation is 2. The van der Waals surface area contributed by atoms with Crippen LogP contribution in [0.1, 0.15) is 17.0 Å². The fourth-order valence-corrected chi connectivity index (χ4v) is 3.30. The molecule has 0 saturated carbocycles. The highest BCUT2D eigenvalue weighted by molar-refractivity contribution is 7.92. The van der Waals surface area contributed by atoms with Gasteiger partial charge in [0.15, 0.2) is 0 Å². The molecule has 138 valence electrons. The number of hydrogen-bond donors (Lipinski definition) is 1. The van der Waals surface area contributed by atoms with Crippen LogP contribution in [-0.4, -0.2) is 24.6 Å². The summed E-state index contributed by atoms with van der Waals surface area (Å²) in [5.41, 5.74) is 2.65. The van der Waals surface area contributed by atoms with Crippen molar-refractivity contribution in [3.8, 4) is 0 Å². The Bertz CT molecular complexity index is 1060. The number of hydrogen-bond acceptors (Lipinski definition) is 5. The molecule has 0 spiro atoms. The van der Waals surface area contributed by atoms with Gasteiger partial charge in [0.05, 0.1) is 10.6 Å². The molecule has 0 saturated heterocycles. The summed E-state index contributed by atoms with van der Waals surface area (Å²) in [5, 5.41) is 0. The minimum absolute atomic E-state index is 0.0332. The van der Waals surface area contributed by atoms with Crippen molar-refractivity contribution < 1.29 is 12.8 Å². The standard InChI is InChI=1S/C19H17FN4O2S/c1-13-11-14(2)23-19(22-13)24-27(25,26)18-9-7-17(8-10-18)21-12-15-3-5-16(20)6-4-15/h3-12H,1-2H3,(H,22,23,24). The largest absolute Gasteiger partial charge is 0.264 e. The zero-order chi connectivity index (χ0) is 19.4. The van der Waals surface area contributed by atoms with Gasteiger partial charge in [0.1, 0.15) is 5.82 Å². The lowest BCUT2D eigenvalue weighted by Gasteiger charge is -2.08. The van der Waals surface area contributed by atoms with Crippen molar-refractivity contribution in [3.63, 3.8) is 0 Å². The molecule has 6 nitrogen and oxygen atoms in total. The number of rotatable bonds is 5.